The van der Waals surface area contributed by atoms with Crippen LogP contribution in [0.1, 0.15) is 26.2 Å². The van der Waals surface area contributed by atoms with Crippen molar-refractivity contribution in [3.8, 4) is 0 Å². The average molecular weight is 234 g/mol. The van der Waals surface area contributed by atoms with Crippen LogP contribution in [0.5, 0.6) is 0 Å². The lowest BCUT2D eigenvalue weighted by Crippen LogP contribution is -2.42. The van der Waals surface area contributed by atoms with Gasteiger partial charge < -0.3 is 16.2 Å². The molecule has 0 aromatic heterocycles. The first-order valence-electron chi connectivity index (χ1n) is 5.43. The number of rotatable bonds is 10. The third kappa shape index (κ3) is 8.72. The van der Waals surface area contributed by atoms with E-state index < -0.39 is 0 Å². The Morgan fingerprint density at radius 2 is 2.27 bits per heavy atom. The van der Waals surface area contributed by atoms with Crippen LogP contribution in [0, 0.1) is 0 Å². The maximum Gasteiger partial charge on any atom is 0.234 e. The molecule has 0 saturated carbocycles. The molecule has 0 aliphatic carbocycles. The van der Waals surface area contributed by atoms with Crippen LogP contribution in [-0.4, -0.2) is 41.7 Å². The van der Waals surface area contributed by atoms with Gasteiger partial charge in [0.05, 0.1) is 6.04 Å². The summed E-state index contributed by atoms with van der Waals surface area (Å²) in [6, 6.07) is -0.202. The van der Waals surface area contributed by atoms with Crippen LogP contribution >= 0.6 is 11.8 Å². The fourth-order valence-corrected chi connectivity index (χ4v) is 2.07. The standard InChI is InChI=1S/C10H22N2O2S/c1-2-5-12-9(10(11)14)4-8-15-7-3-6-13/h9,12-13H,2-8H2,1H3,(H2,11,14). The van der Waals surface area contributed by atoms with E-state index in [0.717, 1.165) is 37.3 Å². The molecule has 0 rings (SSSR count). The average Bonchev–Trinajstić information content (AvgIpc) is 2.21. The first kappa shape index (κ1) is 14.7. The van der Waals surface area contributed by atoms with Crippen LogP contribution in [0.25, 0.3) is 0 Å². The van der Waals surface area contributed by atoms with E-state index in [4.69, 9.17) is 10.8 Å². The molecule has 0 bridgehead atoms. The lowest BCUT2D eigenvalue weighted by Gasteiger charge is -2.14. The Kier molecular flexibility index (Phi) is 10.1. The normalized spacial score (nSPS) is 12.7. The minimum absolute atomic E-state index is 0.202. The van der Waals surface area contributed by atoms with Crippen LogP contribution in [0.3, 0.4) is 0 Å². The second kappa shape index (κ2) is 10.3. The van der Waals surface area contributed by atoms with Crippen LogP contribution < -0.4 is 11.1 Å². The summed E-state index contributed by atoms with van der Waals surface area (Å²) in [5, 5.41) is 11.7. The quantitative estimate of drug-likeness (QED) is 0.477. The Balaban J connectivity index is 3.53. The zero-order valence-corrected chi connectivity index (χ0v) is 10.2. The van der Waals surface area contributed by atoms with Gasteiger partial charge in [-0.05, 0) is 37.3 Å². The summed E-state index contributed by atoms with van der Waals surface area (Å²) in [7, 11) is 0. The minimum atomic E-state index is -0.272. The SMILES string of the molecule is CCCNC(CCSCCCO)C(N)=O. The Morgan fingerprint density at radius 3 is 2.80 bits per heavy atom. The number of aliphatic hydroxyl groups excluding tert-OH is 1. The van der Waals surface area contributed by atoms with E-state index in [-0.39, 0.29) is 18.6 Å². The van der Waals surface area contributed by atoms with Crippen molar-refractivity contribution in [3.05, 3.63) is 0 Å². The highest BCUT2D eigenvalue weighted by molar-refractivity contribution is 7.99. The van der Waals surface area contributed by atoms with Gasteiger partial charge in [-0.2, -0.15) is 11.8 Å². The van der Waals surface area contributed by atoms with Gasteiger partial charge in [-0.3, -0.25) is 4.79 Å². The van der Waals surface area contributed by atoms with Gasteiger partial charge in [0.1, 0.15) is 0 Å². The van der Waals surface area contributed by atoms with Gasteiger partial charge in [-0.1, -0.05) is 6.92 Å². The second-order valence-electron chi connectivity index (χ2n) is 3.39. The Hall–Kier alpha value is -0.260. The fraction of sp³-hybridized carbons (Fsp3) is 0.900. The number of thioether (sulfide) groups is 1. The summed E-state index contributed by atoms with van der Waals surface area (Å²) in [5.74, 6) is 1.58. The number of nitrogens with one attached hydrogen (secondary N) is 1. The lowest BCUT2D eigenvalue weighted by molar-refractivity contribution is -0.120. The molecule has 0 aliphatic heterocycles. The monoisotopic (exact) mass is 234 g/mol. The van der Waals surface area contributed by atoms with Gasteiger partial charge in [-0.25, -0.2) is 0 Å². The number of hydrogen-bond acceptors (Lipinski definition) is 4. The molecule has 0 aromatic rings. The van der Waals surface area contributed by atoms with Crippen molar-refractivity contribution < 1.29 is 9.90 Å². The molecule has 0 aliphatic rings. The van der Waals surface area contributed by atoms with E-state index in [9.17, 15) is 4.79 Å². The minimum Gasteiger partial charge on any atom is -0.396 e. The van der Waals surface area contributed by atoms with E-state index in [1.807, 2.05) is 0 Å². The molecule has 4 nitrogen and oxygen atoms in total. The summed E-state index contributed by atoms with van der Waals surface area (Å²) < 4.78 is 0. The van der Waals surface area contributed by atoms with Crippen LogP contribution in [0.15, 0.2) is 0 Å². The molecular weight excluding hydrogens is 212 g/mol. The summed E-state index contributed by atoms with van der Waals surface area (Å²) >= 11 is 1.75. The molecule has 0 saturated heterocycles. The van der Waals surface area contributed by atoms with Gasteiger partial charge in [0.2, 0.25) is 5.91 Å². The Bertz CT molecular complexity index is 168. The Morgan fingerprint density at radius 1 is 1.53 bits per heavy atom. The van der Waals surface area contributed by atoms with E-state index in [1.165, 1.54) is 0 Å². The smallest absolute Gasteiger partial charge is 0.234 e. The number of aliphatic hydroxyl groups is 1. The summed E-state index contributed by atoms with van der Waals surface area (Å²) in [4.78, 5) is 11.0. The third-order valence-electron chi connectivity index (χ3n) is 1.98. The summed E-state index contributed by atoms with van der Waals surface area (Å²) in [6.45, 7) is 3.12. The van der Waals surface area contributed by atoms with Gasteiger partial charge in [0.15, 0.2) is 0 Å². The maximum absolute atomic E-state index is 11.0. The van der Waals surface area contributed by atoms with Crippen LogP contribution in [-0.2, 0) is 4.79 Å². The fourth-order valence-electron chi connectivity index (χ4n) is 1.13. The van der Waals surface area contributed by atoms with Gasteiger partial charge >= 0.3 is 0 Å². The molecule has 0 spiro atoms. The molecule has 0 aromatic carbocycles. The molecule has 1 unspecified atom stereocenters. The van der Waals surface area contributed by atoms with Crippen molar-refractivity contribution in [1.29, 1.82) is 0 Å². The third-order valence-corrected chi connectivity index (χ3v) is 3.08. The van der Waals surface area contributed by atoms with Crippen molar-refractivity contribution in [2.75, 3.05) is 24.7 Å². The highest BCUT2D eigenvalue weighted by Crippen LogP contribution is 2.06. The van der Waals surface area contributed by atoms with Gasteiger partial charge in [0.25, 0.3) is 0 Å². The number of primary amides is 1. The predicted molar refractivity (Wildman–Crippen MR) is 64.9 cm³/mol. The second-order valence-corrected chi connectivity index (χ2v) is 4.61. The molecule has 1 amide bonds. The molecule has 1 atom stereocenters. The van der Waals surface area contributed by atoms with E-state index >= 15 is 0 Å². The number of hydrogen-bond donors (Lipinski definition) is 3. The number of nitrogens with two attached hydrogens (primary N) is 1. The largest absolute Gasteiger partial charge is 0.396 e. The zero-order valence-electron chi connectivity index (χ0n) is 9.37. The van der Waals surface area contributed by atoms with Crippen LogP contribution in [0.2, 0.25) is 0 Å². The first-order chi connectivity index (χ1) is 7.22. The Labute approximate surface area is 96.0 Å². The predicted octanol–water partition coefficient (Wildman–Crippen LogP) is 0.346. The molecule has 4 N–H and O–H groups in total. The van der Waals surface area contributed by atoms with Gasteiger partial charge in [-0.15, -0.1) is 0 Å². The van der Waals surface area contributed by atoms with E-state index in [0.29, 0.717) is 0 Å². The van der Waals surface area contributed by atoms with Crippen molar-refractivity contribution in [2.24, 2.45) is 5.73 Å². The number of carbonyl (C=O) groups excluding carboxylic acids is 1. The van der Waals surface area contributed by atoms with Crippen molar-refractivity contribution in [1.82, 2.24) is 5.32 Å². The van der Waals surface area contributed by atoms with Crippen LogP contribution in [0.4, 0.5) is 0 Å². The number of amides is 1. The van der Waals surface area contributed by atoms with Crippen molar-refractivity contribution >= 4 is 17.7 Å². The molecule has 90 valence electrons. The van der Waals surface area contributed by atoms with Crippen molar-refractivity contribution in [3.63, 3.8) is 0 Å². The summed E-state index contributed by atoms with van der Waals surface area (Å²) in [6.07, 6.45) is 2.58. The molecule has 0 heterocycles. The first-order valence-corrected chi connectivity index (χ1v) is 6.59. The lowest BCUT2D eigenvalue weighted by atomic mass is 10.2. The van der Waals surface area contributed by atoms with E-state index in [1.54, 1.807) is 11.8 Å². The highest BCUT2D eigenvalue weighted by atomic mass is 32.2. The number of carbonyl (C=O) groups is 1. The summed E-state index contributed by atoms with van der Waals surface area (Å²) in [5.41, 5.74) is 5.27. The van der Waals surface area contributed by atoms with Crippen molar-refractivity contribution in [2.45, 2.75) is 32.2 Å². The van der Waals surface area contributed by atoms with E-state index in [2.05, 4.69) is 12.2 Å². The van der Waals surface area contributed by atoms with Gasteiger partial charge in [0, 0.05) is 6.61 Å². The topological polar surface area (TPSA) is 75.3 Å². The maximum atomic E-state index is 11.0. The molecule has 0 radical (unpaired) electrons. The highest BCUT2D eigenvalue weighted by Gasteiger charge is 2.12. The molecule has 15 heavy (non-hydrogen) atoms. The molecule has 5 heteroatoms. The molecule has 0 fully saturated rings. The molecular formula is C10H22N2O2S. The zero-order chi connectivity index (χ0) is 11.5.